The number of nitrogens with zero attached hydrogens (tertiary/aromatic N) is 1. The summed E-state index contributed by atoms with van der Waals surface area (Å²) in [5, 5.41) is 0. The summed E-state index contributed by atoms with van der Waals surface area (Å²) < 4.78 is 4.25. The van der Waals surface area contributed by atoms with Gasteiger partial charge in [0.25, 0.3) is 0 Å². The van der Waals surface area contributed by atoms with Gasteiger partial charge in [-0.1, -0.05) is 0 Å². The summed E-state index contributed by atoms with van der Waals surface area (Å²) in [4.78, 5) is 13.0. The van der Waals surface area contributed by atoms with Crippen LogP contribution in [-0.4, -0.2) is 45.0 Å². The Morgan fingerprint density at radius 3 is 2.42 bits per heavy atom. The van der Waals surface area contributed by atoms with Gasteiger partial charge in [0.05, 0.1) is 0 Å². The van der Waals surface area contributed by atoms with Gasteiger partial charge in [-0.2, -0.15) is 0 Å². The van der Waals surface area contributed by atoms with Crippen LogP contribution in [0.4, 0.5) is 0 Å². The summed E-state index contributed by atoms with van der Waals surface area (Å²) in [7, 11) is 5.32. The number of ether oxygens (including phenoxy) is 1. The third-order valence-corrected chi connectivity index (χ3v) is 1.77. The number of ketones is 1. The molecule has 0 aromatic rings. The fourth-order valence-electron chi connectivity index (χ4n) is 1.10. The molecule has 0 N–H and O–H groups in total. The quantitative estimate of drug-likeness (QED) is 0.546. The molecule has 0 bridgehead atoms. The van der Waals surface area contributed by atoms with Crippen LogP contribution in [0.3, 0.4) is 0 Å². The second kappa shape index (κ2) is 7.25. The Bertz CT molecular complexity index is 126. The van der Waals surface area contributed by atoms with Gasteiger partial charge in [-0.15, -0.1) is 0 Å². The lowest BCUT2D eigenvalue weighted by atomic mass is 10.2. The first-order chi connectivity index (χ1) is 5.70. The van der Waals surface area contributed by atoms with Gasteiger partial charge in [0.2, 0.25) is 0 Å². The Balaban J connectivity index is 0.000000354. The molecule has 12 heavy (non-hydrogen) atoms. The van der Waals surface area contributed by atoms with E-state index in [1.165, 1.54) is 0 Å². The van der Waals surface area contributed by atoms with Crippen LogP contribution in [0.5, 0.6) is 0 Å². The van der Waals surface area contributed by atoms with Crippen molar-refractivity contribution >= 4 is 5.78 Å². The van der Waals surface area contributed by atoms with Crippen LogP contribution in [0.1, 0.15) is 19.3 Å². The number of hydrogen-bond acceptors (Lipinski definition) is 3. The van der Waals surface area contributed by atoms with Crippen molar-refractivity contribution in [3.63, 3.8) is 0 Å². The highest BCUT2D eigenvalue weighted by atomic mass is 16.4. The Kier molecular flexibility index (Phi) is 7.00. The molecule has 1 heterocycles. The molecule has 0 aliphatic carbocycles. The maximum Gasteiger partial charge on any atom is 0.134 e. The number of carbonyl (C=O) groups is 1. The maximum atomic E-state index is 10.8. The van der Waals surface area contributed by atoms with Crippen molar-refractivity contribution in [2.45, 2.75) is 19.3 Å². The molecule has 0 aromatic carbocycles. The second-order valence-electron chi connectivity index (χ2n) is 3.10. The lowest BCUT2D eigenvalue weighted by Crippen LogP contribution is -2.18. The van der Waals surface area contributed by atoms with Crippen LogP contribution in [0.2, 0.25) is 0 Å². The number of Topliss-reactive ketones (excluding diaryl/α,β-unsaturated/α-hetero) is 1. The standard InChI is InChI=1S/C7H13NO.C2H6O/c1-8-5-2-3-7(9)4-6-8;1-3-2/h2-6H2,1H3;1-2H3. The van der Waals surface area contributed by atoms with E-state index in [-0.39, 0.29) is 0 Å². The fraction of sp³-hybridized carbons (Fsp3) is 0.889. The van der Waals surface area contributed by atoms with Crippen LogP contribution < -0.4 is 0 Å². The molecular weight excluding hydrogens is 154 g/mol. The zero-order valence-corrected chi connectivity index (χ0v) is 8.30. The molecular formula is C9H19NO2. The molecule has 1 aliphatic rings. The van der Waals surface area contributed by atoms with Crippen LogP contribution in [0, 0.1) is 0 Å². The van der Waals surface area contributed by atoms with E-state index in [4.69, 9.17) is 0 Å². The van der Waals surface area contributed by atoms with Crippen molar-refractivity contribution in [2.24, 2.45) is 0 Å². The average Bonchev–Trinajstić information content (AvgIpc) is 2.18. The van der Waals surface area contributed by atoms with Gasteiger partial charge in [-0.05, 0) is 20.0 Å². The zero-order chi connectivity index (χ0) is 9.40. The second-order valence-corrected chi connectivity index (χ2v) is 3.10. The molecule has 0 radical (unpaired) electrons. The number of likely N-dealkylation sites (tertiary alicyclic amines) is 1. The van der Waals surface area contributed by atoms with E-state index in [1.54, 1.807) is 14.2 Å². The van der Waals surface area contributed by atoms with Crippen molar-refractivity contribution in [2.75, 3.05) is 34.4 Å². The molecule has 3 heteroatoms. The lowest BCUT2D eigenvalue weighted by molar-refractivity contribution is -0.118. The van der Waals surface area contributed by atoms with E-state index in [9.17, 15) is 4.79 Å². The lowest BCUT2D eigenvalue weighted by Gasteiger charge is -2.09. The van der Waals surface area contributed by atoms with Crippen molar-refractivity contribution in [1.29, 1.82) is 0 Å². The van der Waals surface area contributed by atoms with E-state index >= 15 is 0 Å². The number of hydrogen-bond donors (Lipinski definition) is 0. The average molecular weight is 173 g/mol. The first kappa shape index (κ1) is 11.6. The largest absolute Gasteiger partial charge is 0.388 e. The van der Waals surface area contributed by atoms with E-state index < -0.39 is 0 Å². The Labute approximate surface area is 74.7 Å². The third-order valence-electron chi connectivity index (χ3n) is 1.77. The number of methoxy groups -OCH3 is 1. The molecule has 0 saturated carbocycles. The van der Waals surface area contributed by atoms with Crippen molar-refractivity contribution in [3.8, 4) is 0 Å². The Morgan fingerprint density at radius 2 is 1.83 bits per heavy atom. The minimum absolute atomic E-state index is 0.430. The van der Waals surface area contributed by atoms with Gasteiger partial charge in [0.1, 0.15) is 5.78 Å². The minimum atomic E-state index is 0.430. The van der Waals surface area contributed by atoms with Gasteiger partial charge in [-0.3, -0.25) is 4.79 Å². The molecule has 0 amide bonds. The number of carbonyl (C=O) groups excluding carboxylic acids is 1. The highest BCUT2D eigenvalue weighted by Gasteiger charge is 2.09. The van der Waals surface area contributed by atoms with E-state index in [2.05, 4.69) is 16.7 Å². The molecule has 1 saturated heterocycles. The molecule has 3 nitrogen and oxygen atoms in total. The predicted molar refractivity (Wildman–Crippen MR) is 49.3 cm³/mol. The number of rotatable bonds is 0. The summed E-state index contributed by atoms with van der Waals surface area (Å²) in [6.45, 7) is 2.05. The van der Waals surface area contributed by atoms with Crippen LogP contribution in [0.15, 0.2) is 0 Å². The van der Waals surface area contributed by atoms with Crippen LogP contribution in [0.25, 0.3) is 0 Å². The molecule has 0 unspecified atom stereocenters. The van der Waals surface area contributed by atoms with E-state index in [0.29, 0.717) is 5.78 Å². The van der Waals surface area contributed by atoms with E-state index in [0.717, 1.165) is 32.4 Å². The van der Waals surface area contributed by atoms with Gasteiger partial charge >= 0.3 is 0 Å². The highest BCUT2D eigenvalue weighted by Crippen LogP contribution is 2.03. The predicted octanol–water partition coefficient (Wildman–Crippen LogP) is 0.934. The van der Waals surface area contributed by atoms with E-state index in [1.807, 2.05) is 0 Å². The molecule has 1 fully saturated rings. The molecule has 0 aromatic heterocycles. The maximum absolute atomic E-state index is 10.8. The molecule has 0 spiro atoms. The van der Waals surface area contributed by atoms with Gasteiger partial charge in [-0.25, -0.2) is 0 Å². The minimum Gasteiger partial charge on any atom is -0.388 e. The third kappa shape index (κ3) is 6.31. The van der Waals surface area contributed by atoms with Gasteiger partial charge < -0.3 is 9.64 Å². The van der Waals surface area contributed by atoms with Gasteiger partial charge in [0, 0.05) is 33.6 Å². The van der Waals surface area contributed by atoms with Gasteiger partial charge in [0.15, 0.2) is 0 Å². The molecule has 72 valence electrons. The molecule has 1 aliphatic heterocycles. The zero-order valence-electron chi connectivity index (χ0n) is 8.30. The Hall–Kier alpha value is -0.410. The first-order valence-electron chi connectivity index (χ1n) is 4.31. The highest BCUT2D eigenvalue weighted by molar-refractivity contribution is 5.78. The van der Waals surface area contributed by atoms with Crippen molar-refractivity contribution < 1.29 is 9.53 Å². The summed E-state index contributed by atoms with van der Waals surface area (Å²) in [5.74, 6) is 0.430. The summed E-state index contributed by atoms with van der Waals surface area (Å²) >= 11 is 0. The SMILES string of the molecule is CN1CCCC(=O)CC1.COC. The normalized spacial score (nSPS) is 19.4. The van der Waals surface area contributed by atoms with Crippen LogP contribution in [-0.2, 0) is 9.53 Å². The molecule has 1 rings (SSSR count). The van der Waals surface area contributed by atoms with Crippen molar-refractivity contribution in [3.05, 3.63) is 0 Å². The van der Waals surface area contributed by atoms with Crippen LogP contribution >= 0.6 is 0 Å². The summed E-state index contributed by atoms with van der Waals surface area (Å²) in [6.07, 6.45) is 2.61. The smallest absolute Gasteiger partial charge is 0.134 e. The topological polar surface area (TPSA) is 29.5 Å². The monoisotopic (exact) mass is 173 g/mol. The van der Waals surface area contributed by atoms with Crippen molar-refractivity contribution in [1.82, 2.24) is 4.90 Å². The molecule has 0 atom stereocenters. The Morgan fingerprint density at radius 1 is 1.25 bits per heavy atom. The summed E-state index contributed by atoms with van der Waals surface area (Å²) in [5.41, 5.74) is 0. The summed E-state index contributed by atoms with van der Waals surface area (Å²) in [6, 6.07) is 0. The first-order valence-corrected chi connectivity index (χ1v) is 4.31. The fourth-order valence-corrected chi connectivity index (χ4v) is 1.10.